The number of anilines is 2. The Hall–Kier alpha value is -1.46. The lowest BCUT2D eigenvalue weighted by Gasteiger charge is -2.06. The molecule has 0 heterocycles. The zero-order valence-corrected chi connectivity index (χ0v) is 13.4. The summed E-state index contributed by atoms with van der Waals surface area (Å²) in [4.78, 5) is 12.9. The molecule has 2 aromatic carbocycles. The van der Waals surface area contributed by atoms with Crippen LogP contribution in [-0.2, 0) is 4.79 Å². The molecule has 0 aliphatic heterocycles. The molecule has 0 fully saturated rings. The van der Waals surface area contributed by atoms with Gasteiger partial charge in [0.25, 0.3) is 0 Å². The first-order chi connectivity index (χ1) is 9.54. The lowest BCUT2D eigenvalue weighted by atomic mass is 10.2. The van der Waals surface area contributed by atoms with Crippen molar-refractivity contribution in [2.24, 2.45) is 0 Å². The standard InChI is InChI=1S/C15H15BrN2OS/c1-10-8-13(6-7-14(10)17)20-9-15(19)18-12-4-2-11(16)3-5-12/h2-8H,9,17H2,1H3,(H,18,19). The van der Waals surface area contributed by atoms with Gasteiger partial charge >= 0.3 is 0 Å². The van der Waals surface area contributed by atoms with Crippen LogP contribution in [0.4, 0.5) is 11.4 Å². The molecular weight excluding hydrogens is 336 g/mol. The van der Waals surface area contributed by atoms with Gasteiger partial charge in [0.2, 0.25) is 5.91 Å². The van der Waals surface area contributed by atoms with Gasteiger partial charge in [0.15, 0.2) is 0 Å². The maximum absolute atomic E-state index is 11.9. The van der Waals surface area contributed by atoms with Crippen LogP contribution in [0, 0.1) is 6.92 Å². The van der Waals surface area contributed by atoms with E-state index in [1.165, 1.54) is 11.8 Å². The van der Waals surface area contributed by atoms with Gasteiger partial charge < -0.3 is 11.1 Å². The van der Waals surface area contributed by atoms with Crippen molar-refractivity contribution < 1.29 is 4.79 Å². The SMILES string of the molecule is Cc1cc(SCC(=O)Nc2ccc(Br)cc2)ccc1N. The number of nitrogens with two attached hydrogens (primary N) is 1. The first kappa shape index (κ1) is 14.9. The van der Waals surface area contributed by atoms with Crippen molar-refractivity contribution in [1.82, 2.24) is 0 Å². The molecule has 3 N–H and O–H groups in total. The second kappa shape index (κ2) is 6.81. The molecule has 1 amide bonds. The van der Waals surface area contributed by atoms with Gasteiger partial charge in [-0.2, -0.15) is 0 Å². The number of hydrogen-bond acceptors (Lipinski definition) is 3. The molecule has 0 bridgehead atoms. The summed E-state index contributed by atoms with van der Waals surface area (Å²) in [5, 5.41) is 2.86. The van der Waals surface area contributed by atoms with Gasteiger partial charge in [-0.15, -0.1) is 11.8 Å². The van der Waals surface area contributed by atoms with E-state index in [0.29, 0.717) is 5.75 Å². The number of nitrogens with one attached hydrogen (secondary N) is 1. The Kier molecular flexibility index (Phi) is 5.09. The Labute approximate surface area is 131 Å². The minimum absolute atomic E-state index is 0.0215. The molecule has 0 radical (unpaired) electrons. The molecule has 20 heavy (non-hydrogen) atoms. The third kappa shape index (κ3) is 4.28. The van der Waals surface area contributed by atoms with E-state index in [0.717, 1.165) is 26.3 Å². The van der Waals surface area contributed by atoms with Crippen molar-refractivity contribution in [1.29, 1.82) is 0 Å². The van der Waals surface area contributed by atoms with Gasteiger partial charge in [0.1, 0.15) is 0 Å². The first-order valence-corrected chi connectivity index (χ1v) is 7.87. The zero-order valence-electron chi connectivity index (χ0n) is 11.0. The van der Waals surface area contributed by atoms with Crippen molar-refractivity contribution >= 4 is 45.0 Å². The van der Waals surface area contributed by atoms with Gasteiger partial charge in [-0.3, -0.25) is 4.79 Å². The van der Waals surface area contributed by atoms with E-state index in [-0.39, 0.29) is 5.91 Å². The molecule has 104 valence electrons. The maximum atomic E-state index is 11.9. The van der Waals surface area contributed by atoms with Crippen molar-refractivity contribution in [3.8, 4) is 0 Å². The van der Waals surface area contributed by atoms with Crippen LogP contribution >= 0.6 is 27.7 Å². The average molecular weight is 351 g/mol. The van der Waals surface area contributed by atoms with Crippen molar-refractivity contribution in [3.63, 3.8) is 0 Å². The van der Waals surface area contributed by atoms with Gasteiger partial charge in [0.05, 0.1) is 5.75 Å². The molecule has 0 aromatic heterocycles. The molecular formula is C15H15BrN2OS. The smallest absolute Gasteiger partial charge is 0.234 e. The third-order valence-corrected chi connectivity index (χ3v) is 4.26. The van der Waals surface area contributed by atoms with Gasteiger partial charge in [0, 0.05) is 20.7 Å². The summed E-state index contributed by atoms with van der Waals surface area (Å²) >= 11 is 4.86. The number of hydrogen-bond donors (Lipinski definition) is 2. The van der Waals surface area contributed by atoms with E-state index >= 15 is 0 Å². The molecule has 5 heteroatoms. The average Bonchev–Trinajstić information content (AvgIpc) is 2.43. The van der Waals surface area contributed by atoms with E-state index < -0.39 is 0 Å². The van der Waals surface area contributed by atoms with Crippen LogP contribution in [0.25, 0.3) is 0 Å². The van der Waals surface area contributed by atoms with E-state index in [9.17, 15) is 4.79 Å². The summed E-state index contributed by atoms with van der Waals surface area (Å²) in [5.41, 5.74) is 8.37. The highest BCUT2D eigenvalue weighted by Crippen LogP contribution is 2.22. The Morgan fingerprint density at radius 2 is 1.95 bits per heavy atom. The molecule has 2 aromatic rings. The molecule has 0 aliphatic carbocycles. The van der Waals surface area contributed by atoms with Crippen LogP contribution in [0.15, 0.2) is 51.8 Å². The number of thioether (sulfide) groups is 1. The largest absolute Gasteiger partial charge is 0.399 e. The van der Waals surface area contributed by atoms with Gasteiger partial charge in [-0.1, -0.05) is 15.9 Å². The summed E-state index contributed by atoms with van der Waals surface area (Å²) in [6.45, 7) is 1.96. The number of halogens is 1. The Bertz CT molecular complexity index is 614. The monoisotopic (exact) mass is 350 g/mol. The first-order valence-electron chi connectivity index (χ1n) is 6.09. The number of aryl methyl sites for hydroxylation is 1. The Morgan fingerprint density at radius 3 is 2.60 bits per heavy atom. The quantitative estimate of drug-likeness (QED) is 0.645. The molecule has 0 spiro atoms. The molecule has 0 saturated carbocycles. The second-order valence-electron chi connectivity index (χ2n) is 4.36. The van der Waals surface area contributed by atoms with Crippen LogP contribution in [0.5, 0.6) is 0 Å². The molecule has 0 aliphatic rings. The minimum atomic E-state index is -0.0215. The van der Waals surface area contributed by atoms with Gasteiger partial charge in [-0.05, 0) is 55.0 Å². The highest BCUT2D eigenvalue weighted by atomic mass is 79.9. The summed E-state index contributed by atoms with van der Waals surface area (Å²) < 4.78 is 0.988. The summed E-state index contributed by atoms with van der Waals surface area (Å²) in [6, 6.07) is 13.3. The fourth-order valence-electron chi connectivity index (χ4n) is 1.62. The lowest BCUT2D eigenvalue weighted by Crippen LogP contribution is -2.13. The zero-order chi connectivity index (χ0) is 14.5. The van der Waals surface area contributed by atoms with E-state index in [2.05, 4.69) is 21.2 Å². The normalized spacial score (nSPS) is 10.3. The van der Waals surface area contributed by atoms with Crippen LogP contribution in [-0.4, -0.2) is 11.7 Å². The predicted molar refractivity (Wildman–Crippen MR) is 89.1 cm³/mol. The van der Waals surface area contributed by atoms with E-state index in [4.69, 9.17) is 5.73 Å². The number of rotatable bonds is 4. The van der Waals surface area contributed by atoms with Crippen LogP contribution < -0.4 is 11.1 Å². The number of nitrogen functional groups attached to an aromatic ring is 1. The molecule has 0 saturated heterocycles. The molecule has 0 atom stereocenters. The summed E-state index contributed by atoms with van der Waals surface area (Å²) in [6.07, 6.45) is 0. The second-order valence-corrected chi connectivity index (χ2v) is 6.33. The number of carbonyl (C=O) groups is 1. The molecule has 0 unspecified atom stereocenters. The molecule has 3 nitrogen and oxygen atoms in total. The fraction of sp³-hybridized carbons (Fsp3) is 0.133. The third-order valence-electron chi connectivity index (χ3n) is 2.74. The van der Waals surface area contributed by atoms with Crippen LogP contribution in [0.3, 0.4) is 0 Å². The topological polar surface area (TPSA) is 55.1 Å². The van der Waals surface area contributed by atoms with Crippen molar-refractivity contribution in [3.05, 3.63) is 52.5 Å². The van der Waals surface area contributed by atoms with Gasteiger partial charge in [-0.25, -0.2) is 0 Å². The lowest BCUT2D eigenvalue weighted by molar-refractivity contribution is -0.113. The number of benzene rings is 2. The van der Waals surface area contributed by atoms with Crippen LogP contribution in [0.2, 0.25) is 0 Å². The summed E-state index contributed by atoms with van der Waals surface area (Å²) in [7, 11) is 0. The molecule has 2 rings (SSSR count). The summed E-state index contributed by atoms with van der Waals surface area (Å²) in [5.74, 6) is 0.353. The Morgan fingerprint density at radius 1 is 1.25 bits per heavy atom. The Balaban J connectivity index is 1.88. The van der Waals surface area contributed by atoms with Crippen molar-refractivity contribution in [2.45, 2.75) is 11.8 Å². The highest BCUT2D eigenvalue weighted by molar-refractivity contribution is 9.10. The predicted octanol–water partition coefficient (Wildman–Crippen LogP) is 4.07. The van der Waals surface area contributed by atoms with Crippen molar-refractivity contribution in [2.75, 3.05) is 16.8 Å². The number of amides is 1. The highest BCUT2D eigenvalue weighted by Gasteiger charge is 2.04. The van der Waals surface area contributed by atoms with E-state index in [1.807, 2.05) is 49.4 Å². The minimum Gasteiger partial charge on any atom is -0.399 e. The van der Waals surface area contributed by atoms with E-state index in [1.54, 1.807) is 0 Å². The number of carbonyl (C=O) groups excluding carboxylic acids is 1. The van der Waals surface area contributed by atoms with Crippen LogP contribution in [0.1, 0.15) is 5.56 Å². The fourth-order valence-corrected chi connectivity index (χ4v) is 2.68. The maximum Gasteiger partial charge on any atom is 0.234 e.